The van der Waals surface area contributed by atoms with Crippen LogP contribution in [0.4, 0.5) is 13.2 Å². The summed E-state index contributed by atoms with van der Waals surface area (Å²) in [4.78, 5) is 0. The molecule has 0 saturated heterocycles. The van der Waals surface area contributed by atoms with Crippen molar-refractivity contribution in [1.82, 2.24) is 0 Å². The molecule has 5 heteroatoms. The zero-order chi connectivity index (χ0) is 9.07. The molecule has 0 aromatic carbocycles. The van der Waals surface area contributed by atoms with E-state index in [0.29, 0.717) is 0 Å². The van der Waals surface area contributed by atoms with Crippen LogP contribution < -0.4 is 0 Å². The van der Waals surface area contributed by atoms with Gasteiger partial charge in [-0.05, 0) is 13.3 Å². The Balaban J connectivity index is 3.54. The molecule has 0 saturated carbocycles. The minimum atomic E-state index is -4.25. The summed E-state index contributed by atoms with van der Waals surface area (Å²) in [6, 6.07) is 0. The van der Waals surface area contributed by atoms with E-state index in [0.717, 1.165) is 0 Å². The van der Waals surface area contributed by atoms with Gasteiger partial charge in [0.1, 0.15) is 0 Å². The molecule has 0 aliphatic carbocycles. The zero-order valence-electron chi connectivity index (χ0n) is 6.10. The van der Waals surface area contributed by atoms with E-state index in [2.05, 4.69) is 0 Å². The van der Waals surface area contributed by atoms with Crippen molar-refractivity contribution in [2.24, 2.45) is 0 Å². The Labute approximate surface area is 62.6 Å². The number of aliphatic hydroxyl groups is 2. The molecular weight excluding hydrogens is 161 g/mol. The highest BCUT2D eigenvalue weighted by Crippen LogP contribution is 2.22. The molecule has 0 amide bonds. The molecule has 0 heterocycles. The molecule has 2 nitrogen and oxygen atoms in total. The second kappa shape index (κ2) is 3.92. The van der Waals surface area contributed by atoms with E-state index in [1.807, 2.05) is 0 Å². The van der Waals surface area contributed by atoms with Crippen molar-refractivity contribution in [2.45, 2.75) is 38.1 Å². The van der Waals surface area contributed by atoms with Crippen LogP contribution in [0.25, 0.3) is 0 Å². The van der Waals surface area contributed by atoms with Crippen LogP contribution in [0.3, 0.4) is 0 Å². The maximum Gasteiger partial charge on any atom is 0.389 e. The number of aliphatic hydroxyl groups excluding tert-OH is 2. The van der Waals surface area contributed by atoms with Gasteiger partial charge in [-0.2, -0.15) is 13.2 Å². The molecule has 0 fully saturated rings. The first-order valence-electron chi connectivity index (χ1n) is 3.26. The van der Waals surface area contributed by atoms with Gasteiger partial charge in [0.25, 0.3) is 0 Å². The lowest BCUT2D eigenvalue weighted by atomic mass is 10.1. The summed E-state index contributed by atoms with van der Waals surface area (Å²) in [5, 5.41) is 17.3. The van der Waals surface area contributed by atoms with Gasteiger partial charge >= 0.3 is 6.18 Å². The van der Waals surface area contributed by atoms with E-state index < -0.39 is 31.2 Å². The Kier molecular flexibility index (Phi) is 3.82. The van der Waals surface area contributed by atoms with Gasteiger partial charge < -0.3 is 10.2 Å². The number of halogens is 3. The van der Waals surface area contributed by atoms with E-state index in [9.17, 15) is 13.2 Å². The van der Waals surface area contributed by atoms with E-state index in [1.165, 1.54) is 6.92 Å². The molecule has 11 heavy (non-hydrogen) atoms. The summed E-state index contributed by atoms with van der Waals surface area (Å²) < 4.78 is 34.5. The lowest BCUT2D eigenvalue weighted by Crippen LogP contribution is -2.24. The minimum absolute atomic E-state index is 0.443. The fourth-order valence-electron chi connectivity index (χ4n) is 0.553. The lowest BCUT2D eigenvalue weighted by molar-refractivity contribution is -0.142. The molecule has 68 valence electrons. The quantitative estimate of drug-likeness (QED) is 0.668. The van der Waals surface area contributed by atoms with Gasteiger partial charge in [-0.15, -0.1) is 0 Å². The molecule has 0 spiro atoms. The zero-order valence-corrected chi connectivity index (χ0v) is 6.10. The van der Waals surface area contributed by atoms with Gasteiger partial charge in [0.15, 0.2) is 0 Å². The van der Waals surface area contributed by atoms with Crippen molar-refractivity contribution in [2.75, 3.05) is 0 Å². The molecule has 0 bridgehead atoms. The van der Waals surface area contributed by atoms with Gasteiger partial charge in [-0.1, -0.05) is 0 Å². The molecule has 2 N–H and O–H groups in total. The fourth-order valence-corrected chi connectivity index (χ4v) is 0.553. The smallest absolute Gasteiger partial charge is 0.389 e. The Morgan fingerprint density at radius 1 is 1.27 bits per heavy atom. The van der Waals surface area contributed by atoms with E-state index in [-0.39, 0.29) is 0 Å². The monoisotopic (exact) mass is 172 g/mol. The van der Waals surface area contributed by atoms with Gasteiger partial charge in [-0.25, -0.2) is 0 Å². The van der Waals surface area contributed by atoms with Crippen molar-refractivity contribution in [3.63, 3.8) is 0 Å². The van der Waals surface area contributed by atoms with Crippen molar-refractivity contribution in [3.05, 3.63) is 0 Å². The highest BCUT2D eigenvalue weighted by Gasteiger charge is 2.28. The SMILES string of the molecule is CC(O)C(O)CCC(F)(F)F. The summed E-state index contributed by atoms with van der Waals surface area (Å²) in [7, 11) is 0. The van der Waals surface area contributed by atoms with Crippen LogP contribution in [-0.4, -0.2) is 28.6 Å². The molecule has 0 aromatic rings. The average molecular weight is 172 g/mol. The third kappa shape index (κ3) is 6.12. The maximum absolute atomic E-state index is 11.5. The molecule has 0 aromatic heterocycles. The van der Waals surface area contributed by atoms with Gasteiger partial charge in [0.2, 0.25) is 0 Å². The van der Waals surface area contributed by atoms with Crippen molar-refractivity contribution >= 4 is 0 Å². The standard InChI is InChI=1S/C6H11F3O2/c1-4(10)5(11)2-3-6(7,8)9/h4-5,10-11H,2-3H2,1H3. The predicted octanol–water partition coefficient (Wildman–Crippen LogP) is 1.07. The molecule has 0 rings (SSSR count). The number of hydrogen-bond acceptors (Lipinski definition) is 2. The van der Waals surface area contributed by atoms with E-state index in [4.69, 9.17) is 10.2 Å². The Bertz CT molecular complexity index is 111. The number of hydrogen-bond donors (Lipinski definition) is 2. The Hall–Kier alpha value is -0.290. The Morgan fingerprint density at radius 3 is 2.00 bits per heavy atom. The van der Waals surface area contributed by atoms with E-state index in [1.54, 1.807) is 0 Å². The van der Waals surface area contributed by atoms with Crippen LogP contribution in [0.5, 0.6) is 0 Å². The largest absolute Gasteiger partial charge is 0.391 e. The van der Waals surface area contributed by atoms with Crippen molar-refractivity contribution in [3.8, 4) is 0 Å². The summed E-state index contributed by atoms with van der Waals surface area (Å²) in [6.07, 6.45) is -8.13. The lowest BCUT2D eigenvalue weighted by Gasteiger charge is -2.14. The van der Waals surface area contributed by atoms with Crippen LogP contribution in [0.15, 0.2) is 0 Å². The van der Waals surface area contributed by atoms with Gasteiger partial charge in [0, 0.05) is 6.42 Å². The second-order valence-corrected chi connectivity index (χ2v) is 2.46. The highest BCUT2D eigenvalue weighted by molar-refractivity contribution is 4.64. The molecule has 0 aliphatic heterocycles. The predicted molar refractivity (Wildman–Crippen MR) is 33.0 cm³/mol. The average Bonchev–Trinajstić information content (AvgIpc) is 1.80. The summed E-state index contributed by atoms with van der Waals surface area (Å²) in [5.41, 5.74) is 0. The first kappa shape index (κ1) is 10.7. The third-order valence-corrected chi connectivity index (χ3v) is 1.28. The van der Waals surface area contributed by atoms with Crippen LogP contribution in [0.1, 0.15) is 19.8 Å². The third-order valence-electron chi connectivity index (χ3n) is 1.28. The van der Waals surface area contributed by atoms with Crippen molar-refractivity contribution < 1.29 is 23.4 Å². The minimum Gasteiger partial charge on any atom is -0.391 e. The topological polar surface area (TPSA) is 40.5 Å². The summed E-state index contributed by atoms with van der Waals surface area (Å²) in [6.45, 7) is 1.25. The number of rotatable bonds is 3. The van der Waals surface area contributed by atoms with Crippen molar-refractivity contribution in [1.29, 1.82) is 0 Å². The Morgan fingerprint density at radius 2 is 1.73 bits per heavy atom. The maximum atomic E-state index is 11.5. The summed E-state index contributed by atoms with van der Waals surface area (Å²) in [5.74, 6) is 0. The van der Waals surface area contributed by atoms with Crippen LogP contribution in [0, 0.1) is 0 Å². The first-order chi connectivity index (χ1) is 4.83. The van der Waals surface area contributed by atoms with Gasteiger partial charge in [-0.3, -0.25) is 0 Å². The van der Waals surface area contributed by atoms with Crippen LogP contribution in [0.2, 0.25) is 0 Å². The molecule has 2 atom stereocenters. The van der Waals surface area contributed by atoms with E-state index >= 15 is 0 Å². The molecular formula is C6H11F3O2. The normalized spacial score (nSPS) is 18.0. The first-order valence-corrected chi connectivity index (χ1v) is 3.26. The van der Waals surface area contributed by atoms with Crippen LogP contribution >= 0.6 is 0 Å². The second-order valence-electron chi connectivity index (χ2n) is 2.46. The van der Waals surface area contributed by atoms with Gasteiger partial charge in [0.05, 0.1) is 12.2 Å². The fraction of sp³-hybridized carbons (Fsp3) is 1.00. The molecule has 0 radical (unpaired) electrons. The molecule has 0 aliphatic rings. The number of alkyl halides is 3. The molecule has 2 unspecified atom stereocenters. The highest BCUT2D eigenvalue weighted by atomic mass is 19.4. The summed E-state index contributed by atoms with van der Waals surface area (Å²) >= 11 is 0. The van der Waals surface area contributed by atoms with Crippen LogP contribution in [-0.2, 0) is 0 Å².